The Labute approximate surface area is 255 Å². The fourth-order valence-electron chi connectivity index (χ4n) is 7.30. The van der Waals surface area contributed by atoms with E-state index in [0.717, 1.165) is 24.9 Å². The minimum atomic E-state index is -2.75. The molecule has 1 fully saturated rings. The Morgan fingerprint density at radius 2 is 1.82 bits per heavy atom. The smallest absolute Gasteiger partial charge is 0.255 e. The molecule has 1 amide bonds. The molecule has 11 heteroatoms. The summed E-state index contributed by atoms with van der Waals surface area (Å²) in [5.41, 5.74) is 1.98. The van der Waals surface area contributed by atoms with E-state index >= 15 is 4.39 Å². The molecule has 1 unspecified atom stereocenters. The number of carbonyl (C=O) groups is 3. The van der Waals surface area contributed by atoms with E-state index in [0.29, 0.717) is 6.54 Å². The summed E-state index contributed by atoms with van der Waals surface area (Å²) in [6, 6.07) is 3.79. The first kappa shape index (κ1) is 31.6. The molecule has 7 N–H and O–H groups in total. The molecule has 10 nitrogen and oxygen atoms in total. The number of Topliss-reactive ketones (excluding diaryl/α,β-unsaturated/α-hetero) is 2. The number of benzene rings is 2. The van der Waals surface area contributed by atoms with Crippen LogP contribution in [0.2, 0.25) is 0 Å². The van der Waals surface area contributed by atoms with Gasteiger partial charge in [-0.1, -0.05) is 44.7 Å². The van der Waals surface area contributed by atoms with E-state index in [4.69, 9.17) is 5.73 Å². The van der Waals surface area contributed by atoms with Gasteiger partial charge in [0.2, 0.25) is 5.78 Å². The van der Waals surface area contributed by atoms with Gasteiger partial charge in [0.25, 0.3) is 5.91 Å². The molecule has 0 saturated heterocycles. The summed E-state index contributed by atoms with van der Waals surface area (Å²) in [6.07, 6.45) is 5.51. The summed E-state index contributed by atoms with van der Waals surface area (Å²) in [6.45, 7) is 3.46. The number of nitrogens with zero attached hydrogens (tertiary/aromatic N) is 1. The van der Waals surface area contributed by atoms with Gasteiger partial charge in [-0.3, -0.25) is 19.3 Å². The number of aliphatic hydroxyl groups is 3. The van der Waals surface area contributed by atoms with Gasteiger partial charge < -0.3 is 31.5 Å². The molecule has 0 radical (unpaired) electrons. The van der Waals surface area contributed by atoms with E-state index in [1.165, 1.54) is 38.3 Å². The van der Waals surface area contributed by atoms with Gasteiger partial charge in [0.15, 0.2) is 11.4 Å². The number of phenolic OH excluding ortho intramolecular Hbond substituents is 1. The van der Waals surface area contributed by atoms with Crippen LogP contribution in [0.3, 0.4) is 0 Å². The maximum Gasteiger partial charge on any atom is 0.255 e. The second kappa shape index (κ2) is 11.9. The largest absolute Gasteiger partial charge is 0.508 e. The zero-order valence-corrected chi connectivity index (χ0v) is 25.2. The summed E-state index contributed by atoms with van der Waals surface area (Å²) < 4.78 is 16.1. The monoisotopic (exact) mass is 609 g/mol. The van der Waals surface area contributed by atoms with E-state index in [1.54, 1.807) is 18.2 Å². The fraction of sp³-hybridized carbons (Fsp3) is 0.485. The van der Waals surface area contributed by atoms with Crippen LogP contribution in [0.1, 0.15) is 62.1 Å². The topological polar surface area (TPSA) is 173 Å². The summed E-state index contributed by atoms with van der Waals surface area (Å²) in [5, 5.41) is 49.2. The van der Waals surface area contributed by atoms with Crippen molar-refractivity contribution in [3.8, 4) is 5.75 Å². The van der Waals surface area contributed by atoms with Crippen molar-refractivity contribution < 1.29 is 39.2 Å². The average Bonchev–Trinajstić information content (AvgIpc) is 2.96. The number of fused-ring (bicyclic) bond motifs is 4. The minimum Gasteiger partial charge on any atom is -0.508 e. The quantitative estimate of drug-likeness (QED) is 0.174. The number of rotatable bonds is 10. The predicted octanol–water partition coefficient (Wildman–Crippen LogP) is 3.32. The third-order valence-corrected chi connectivity index (χ3v) is 9.48. The molecule has 4 atom stereocenters. The average molecular weight is 610 g/mol. The number of aromatic hydroxyl groups is 1. The van der Waals surface area contributed by atoms with Gasteiger partial charge in [-0.25, -0.2) is 4.39 Å². The van der Waals surface area contributed by atoms with Crippen LogP contribution in [0.15, 0.2) is 35.1 Å². The highest BCUT2D eigenvalue weighted by atomic mass is 19.1. The zero-order chi connectivity index (χ0) is 32.1. The van der Waals surface area contributed by atoms with Gasteiger partial charge in [0.1, 0.15) is 28.7 Å². The van der Waals surface area contributed by atoms with E-state index in [1.807, 2.05) is 0 Å². The lowest BCUT2D eigenvalue weighted by Crippen LogP contribution is -2.65. The van der Waals surface area contributed by atoms with Gasteiger partial charge in [-0.15, -0.1) is 0 Å². The SMILES string of the molecule is CCCCCCCNCc1ccc2c(F)c3c(c(O)c2c1)C(O)=C1C(=O)[C@]2(O)C(O)=C(C(N)=O)C(=O)[C@@H](N(C)C)C2C[C@@H]1C3. The lowest BCUT2D eigenvalue weighted by atomic mass is 9.57. The van der Waals surface area contributed by atoms with Crippen LogP contribution in [-0.2, 0) is 27.3 Å². The summed E-state index contributed by atoms with van der Waals surface area (Å²) in [5.74, 6) is -8.27. The fourth-order valence-corrected chi connectivity index (χ4v) is 7.30. The number of primary amides is 1. The zero-order valence-electron chi connectivity index (χ0n) is 25.2. The van der Waals surface area contributed by atoms with Gasteiger partial charge >= 0.3 is 0 Å². The first-order valence-electron chi connectivity index (χ1n) is 15.2. The molecule has 0 aromatic heterocycles. The highest BCUT2D eigenvalue weighted by molar-refractivity contribution is 6.24. The van der Waals surface area contributed by atoms with Crippen LogP contribution in [0.25, 0.3) is 16.5 Å². The molecule has 0 spiro atoms. The third-order valence-electron chi connectivity index (χ3n) is 9.48. The maximum absolute atomic E-state index is 16.1. The molecular weight excluding hydrogens is 569 g/mol. The number of nitrogens with two attached hydrogens (primary N) is 1. The highest BCUT2D eigenvalue weighted by Crippen LogP contribution is 2.53. The first-order chi connectivity index (χ1) is 20.9. The molecule has 0 heterocycles. The Balaban J connectivity index is 1.55. The maximum atomic E-state index is 16.1. The number of halogens is 1. The van der Waals surface area contributed by atoms with Crippen molar-refractivity contribution >= 4 is 34.0 Å². The summed E-state index contributed by atoms with van der Waals surface area (Å²) in [4.78, 5) is 40.8. The second-order valence-electron chi connectivity index (χ2n) is 12.4. The van der Waals surface area contributed by atoms with Crippen molar-refractivity contribution in [3.63, 3.8) is 0 Å². The number of likely N-dealkylation sites (N-methyl/N-ethyl adjacent to an activating group) is 1. The first-order valence-corrected chi connectivity index (χ1v) is 15.2. The Morgan fingerprint density at radius 1 is 1.11 bits per heavy atom. The Hall–Kier alpha value is -3.80. The van der Waals surface area contributed by atoms with Crippen LogP contribution >= 0.6 is 0 Å². The second-order valence-corrected chi connectivity index (χ2v) is 12.4. The molecule has 236 valence electrons. The molecule has 44 heavy (non-hydrogen) atoms. The van der Waals surface area contributed by atoms with Crippen LogP contribution in [0.4, 0.5) is 4.39 Å². The van der Waals surface area contributed by atoms with Crippen LogP contribution < -0.4 is 11.1 Å². The Morgan fingerprint density at radius 3 is 2.48 bits per heavy atom. The number of hydrogen-bond acceptors (Lipinski definition) is 9. The molecule has 3 aliphatic carbocycles. The summed E-state index contributed by atoms with van der Waals surface area (Å²) >= 11 is 0. The van der Waals surface area contributed by atoms with Crippen molar-refractivity contribution in [2.45, 2.75) is 70.1 Å². The molecular formula is C33H40FN3O7. The van der Waals surface area contributed by atoms with Crippen molar-refractivity contribution in [1.29, 1.82) is 0 Å². The lowest BCUT2D eigenvalue weighted by molar-refractivity contribution is -0.153. The molecule has 5 rings (SSSR count). The molecule has 2 aromatic carbocycles. The normalized spacial score (nSPS) is 25.0. The molecule has 1 saturated carbocycles. The summed E-state index contributed by atoms with van der Waals surface area (Å²) in [7, 11) is 3.04. The van der Waals surface area contributed by atoms with Crippen molar-refractivity contribution in [1.82, 2.24) is 10.2 Å². The third kappa shape index (κ3) is 4.87. The van der Waals surface area contributed by atoms with E-state index < -0.39 is 69.6 Å². The number of nitrogens with one attached hydrogen (secondary N) is 1. The van der Waals surface area contributed by atoms with E-state index in [2.05, 4.69) is 12.2 Å². The highest BCUT2D eigenvalue weighted by Gasteiger charge is 2.64. The number of ketones is 2. The number of phenols is 1. The molecule has 2 aromatic rings. The lowest BCUT2D eigenvalue weighted by Gasteiger charge is -2.50. The Kier molecular flexibility index (Phi) is 8.58. The van der Waals surface area contributed by atoms with Crippen molar-refractivity contribution in [3.05, 3.63) is 57.6 Å². The molecule has 0 aliphatic heterocycles. The van der Waals surface area contributed by atoms with Gasteiger partial charge in [-0.05, 0) is 57.5 Å². The van der Waals surface area contributed by atoms with E-state index in [-0.39, 0.29) is 40.3 Å². The van der Waals surface area contributed by atoms with Gasteiger partial charge in [0, 0.05) is 34.4 Å². The van der Waals surface area contributed by atoms with Crippen LogP contribution in [-0.4, -0.2) is 75.1 Å². The predicted molar refractivity (Wildman–Crippen MR) is 162 cm³/mol. The van der Waals surface area contributed by atoms with Crippen LogP contribution in [0.5, 0.6) is 5.75 Å². The number of amides is 1. The van der Waals surface area contributed by atoms with Gasteiger partial charge in [-0.2, -0.15) is 0 Å². The van der Waals surface area contributed by atoms with Crippen molar-refractivity contribution in [2.75, 3.05) is 20.6 Å². The number of carbonyl (C=O) groups excluding carboxylic acids is 3. The molecule has 0 bridgehead atoms. The number of aliphatic hydroxyl groups excluding tert-OH is 2. The Bertz CT molecular complexity index is 1610. The minimum absolute atomic E-state index is 0.0126. The molecule has 3 aliphatic rings. The number of hydrogen-bond donors (Lipinski definition) is 6. The standard InChI is InChI=1S/C33H40FN3O7/c1-4-5-6-7-8-11-36-15-16-9-10-18-19(12-16)27(38)23-20(25(18)34)13-17-14-21-26(37(2)3)29(40)24(32(35)43)31(42)33(21,44)30(41)22(17)28(23)39/h9-10,12,17,21,26,36,38-39,42,44H,4-8,11,13-15H2,1-3H3,(H2,35,43)/t17-,21?,26-,33-/m0/s1. The van der Waals surface area contributed by atoms with E-state index in [9.17, 15) is 34.8 Å². The van der Waals surface area contributed by atoms with Crippen molar-refractivity contribution in [2.24, 2.45) is 17.6 Å². The van der Waals surface area contributed by atoms with Gasteiger partial charge in [0.05, 0.1) is 11.6 Å². The number of unbranched alkanes of at least 4 members (excludes halogenated alkanes) is 4. The van der Waals surface area contributed by atoms with Crippen LogP contribution in [0, 0.1) is 17.7 Å².